The number of nitrogens with zero attached hydrogens (tertiary/aromatic N) is 6. The third-order valence-corrected chi connectivity index (χ3v) is 5.36. The molecule has 1 aromatic carbocycles. The fraction of sp³-hybridized carbons (Fsp3) is 0.200. The Morgan fingerprint density at radius 3 is 2.76 bits per heavy atom. The molecule has 1 aliphatic heterocycles. The van der Waals surface area contributed by atoms with Crippen LogP contribution in [0.2, 0.25) is 5.02 Å². The van der Waals surface area contributed by atoms with E-state index < -0.39 is 5.82 Å². The van der Waals surface area contributed by atoms with Crippen molar-refractivity contribution in [3.05, 3.63) is 65.1 Å². The zero-order chi connectivity index (χ0) is 20.2. The molecule has 0 N–H and O–H groups in total. The summed E-state index contributed by atoms with van der Waals surface area (Å²) in [4.78, 5) is 12.3. The molecule has 0 spiro atoms. The van der Waals surface area contributed by atoms with Crippen molar-refractivity contribution >= 4 is 23.1 Å². The zero-order valence-electron chi connectivity index (χ0n) is 15.3. The number of hydrogen-bond donors (Lipinski definition) is 0. The highest BCUT2D eigenvalue weighted by Crippen LogP contribution is 2.38. The SMILES string of the molecule is [C-]#[N+]c1cnc2ccc(-c3c(-c4ccc(F)c(Cl)c4)ncn3C3(C)COC3)nn12. The van der Waals surface area contributed by atoms with E-state index in [1.54, 1.807) is 24.5 Å². The molecule has 1 saturated heterocycles. The van der Waals surface area contributed by atoms with E-state index in [2.05, 4.69) is 26.8 Å². The highest BCUT2D eigenvalue weighted by molar-refractivity contribution is 6.31. The van der Waals surface area contributed by atoms with Crippen LogP contribution in [-0.2, 0) is 10.3 Å². The molecule has 0 unspecified atom stereocenters. The molecular formula is C20H14ClFN6O. The van der Waals surface area contributed by atoms with Crippen LogP contribution in [0.25, 0.3) is 33.1 Å². The average molecular weight is 409 g/mol. The van der Waals surface area contributed by atoms with Crippen molar-refractivity contribution in [2.45, 2.75) is 12.5 Å². The molecule has 0 saturated carbocycles. The second-order valence-electron chi connectivity index (χ2n) is 7.15. The standard InChI is InChI=1S/C20H14ClFN6O/c1-20(9-29-10-20)27-11-25-18(12-3-4-14(22)13(21)7-12)19(27)15-5-6-16-24-8-17(23-2)28(16)26-15/h3-8,11H,9-10H2,1H3. The van der Waals surface area contributed by atoms with Gasteiger partial charge in [-0.1, -0.05) is 23.3 Å². The van der Waals surface area contributed by atoms with Gasteiger partial charge in [0.05, 0.1) is 47.7 Å². The lowest BCUT2D eigenvalue weighted by Gasteiger charge is -2.40. The second-order valence-corrected chi connectivity index (χ2v) is 7.55. The lowest BCUT2D eigenvalue weighted by molar-refractivity contribution is -0.0889. The molecule has 0 radical (unpaired) electrons. The Labute approximate surface area is 170 Å². The van der Waals surface area contributed by atoms with Gasteiger partial charge in [-0.05, 0) is 31.2 Å². The van der Waals surface area contributed by atoms with Gasteiger partial charge in [0.2, 0.25) is 5.65 Å². The molecule has 7 nitrogen and oxygen atoms in total. The first-order chi connectivity index (χ1) is 14.0. The quantitative estimate of drug-likeness (QED) is 0.473. The lowest BCUT2D eigenvalue weighted by Crippen LogP contribution is -2.49. The van der Waals surface area contributed by atoms with Gasteiger partial charge in [-0.25, -0.2) is 14.4 Å². The first-order valence-corrected chi connectivity index (χ1v) is 9.21. The van der Waals surface area contributed by atoms with Crippen molar-refractivity contribution in [2.75, 3.05) is 13.2 Å². The molecule has 144 valence electrons. The van der Waals surface area contributed by atoms with Gasteiger partial charge >= 0.3 is 0 Å². The molecule has 4 aromatic rings. The van der Waals surface area contributed by atoms with E-state index in [4.69, 9.17) is 22.9 Å². The summed E-state index contributed by atoms with van der Waals surface area (Å²) in [7, 11) is 0. The Morgan fingerprint density at radius 2 is 2.07 bits per heavy atom. The minimum atomic E-state index is -0.490. The van der Waals surface area contributed by atoms with Crippen molar-refractivity contribution in [2.24, 2.45) is 0 Å². The zero-order valence-corrected chi connectivity index (χ0v) is 16.1. The second kappa shape index (κ2) is 6.37. The number of imidazole rings is 2. The van der Waals surface area contributed by atoms with Crippen molar-refractivity contribution in [3.8, 4) is 22.6 Å². The molecule has 1 fully saturated rings. The number of rotatable bonds is 3. The van der Waals surface area contributed by atoms with Crippen LogP contribution in [-0.4, -0.2) is 37.4 Å². The van der Waals surface area contributed by atoms with E-state index in [0.717, 1.165) is 5.69 Å². The van der Waals surface area contributed by atoms with Crippen LogP contribution in [0.3, 0.4) is 0 Å². The van der Waals surface area contributed by atoms with Crippen LogP contribution in [0.4, 0.5) is 10.2 Å². The van der Waals surface area contributed by atoms with E-state index in [9.17, 15) is 4.39 Å². The highest BCUT2D eigenvalue weighted by atomic mass is 35.5. The normalized spacial score (nSPS) is 15.2. The predicted molar refractivity (Wildman–Crippen MR) is 105 cm³/mol. The first-order valence-electron chi connectivity index (χ1n) is 8.84. The third kappa shape index (κ3) is 2.70. The lowest BCUT2D eigenvalue weighted by atomic mass is 9.98. The number of hydrogen-bond acceptors (Lipinski definition) is 4. The van der Waals surface area contributed by atoms with Gasteiger partial charge in [0, 0.05) is 11.6 Å². The van der Waals surface area contributed by atoms with Crippen LogP contribution < -0.4 is 0 Å². The Hall–Kier alpha value is -3.28. The molecular weight excluding hydrogens is 395 g/mol. The smallest absolute Gasteiger partial charge is 0.275 e. The maximum absolute atomic E-state index is 13.7. The van der Waals surface area contributed by atoms with Gasteiger partial charge in [0.15, 0.2) is 0 Å². The summed E-state index contributed by atoms with van der Waals surface area (Å²) in [5.74, 6) is -0.173. The summed E-state index contributed by atoms with van der Waals surface area (Å²) in [6.07, 6.45) is 3.22. The van der Waals surface area contributed by atoms with Gasteiger partial charge in [0.25, 0.3) is 5.82 Å². The maximum Gasteiger partial charge on any atom is 0.275 e. The summed E-state index contributed by atoms with van der Waals surface area (Å²) < 4.78 is 22.6. The molecule has 29 heavy (non-hydrogen) atoms. The summed E-state index contributed by atoms with van der Waals surface area (Å²) in [6.45, 7) is 10.5. The summed E-state index contributed by atoms with van der Waals surface area (Å²) >= 11 is 6.01. The summed E-state index contributed by atoms with van der Waals surface area (Å²) in [5.41, 5.74) is 2.95. The van der Waals surface area contributed by atoms with Crippen LogP contribution in [0.15, 0.2) is 42.9 Å². The molecule has 1 aliphatic rings. The van der Waals surface area contributed by atoms with Gasteiger partial charge in [-0.15, -0.1) is 4.52 Å². The average Bonchev–Trinajstić information content (AvgIpc) is 3.32. The number of benzene rings is 1. The molecule has 0 aliphatic carbocycles. The summed E-state index contributed by atoms with van der Waals surface area (Å²) in [6, 6.07) is 8.14. The minimum absolute atomic E-state index is 0.0227. The Balaban J connectivity index is 1.76. The summed E-state index contributed by atoms with van der Waals surface area (Å²) in [5, 5.41) is 4.66. The number of fused-ring (bicyclic) bond motifs is 1. The van der Waals surface area contributed by atoms with E-state index in [0.29, 0.717) is 41.6 Å². The topological polar surface area (TPSA) is 61.6 Å². The van der Waals surface area contributed by atoms with Crippen LogP contribution in [0.1, 0.15) is 6.92 Å². The predicted octanol–water partition coefficient (Wildman–Crippen LogP) is 4.35. The Kier molecular flexibility index (Phi) is 3.91. The molecule has 0 atom stereocenters. The van der Waals surface area contributed by atoms with Crippen molar-refractivity contribution in [1.82, 2.24) is 24.1 Å². The molecule has 0 bridgehead atoms. The number of halogens is 2. The number of ether oxygens (including phenoxy) is 1. The van der Waals surface area contributed by atoms with Crippen LogP contribution in [0, 0.1) is 12.4 Å². The largest absolute Gasteiger partial charge is 0.376 e. The van der Waals surface area contributed by atoms with Gasteiger partial charge in [-0.2, -0.15) is 0 Å². The van der Waals surface area contributed by atoms with Crippen LogP contribution >= 0.6 is 11.6 Å². The van der Waals surface area contributed by atoms with E-state index in [-0.39, 0.29) is 10.6 Å². The molecule has 0 amide bonds. The van der Waals surface area contributed by atoms with Crippen molar-refractivity contribution in [1.29, 1.82) is 0 Å². The fourth-order valence-electron chi connectivity index (χ4n) is 3.46. The number of aromatic nitrogens is 5. The Morgan fingerprint density at radius 1 is 1.24 bits per heavy atom. The van der Waals surface area contributed by atoms with E-state index >= 15 is 0 Å². The van der Waals surface area contributed by atoms with Gasteiger partial charge in [0.1, 0.15) is 11.5 Å². The van der Waals surface area contributed by atoms with E-state index in [1.807, 2.05) is 10.6 Å². The van der Waals surface area contributed by atoms with Crippen molar-refractivity contribution < 1.29 is 9.13 Å². The Bertz CT molecular complexity index is 1300. The monoisotopic (exact) mass is 408 g/mol. The maximum atomic E-state index is 13.7. The highest BCUT2D eigenvalue weighted by Gasteiger charge is 2.38. The van der Waals surface area contributed by atoms with Crippen LogP contribution in [0.5, 0.6) is 0 Å². The fourth-order valence-corrected chi connectivity index (χ4v) is 3.64. The third-order valence-electron chi connectivity index (χ3n) is 5.07. The molecule has 5 rings (SSSR count). The van der Waals surface area contributed by atoms with Crippen molar-refractivity contribution in [3.63, 3.8) is 0 Å². The minimum Gasteiger partial charge on any atom is -0.376 e. The van der Waals surface area contributed by atoms with Gasteiger partial charge in [-0.3, -0.25) is 0 Å². The first kappa shape index (κ1) is 17.8. The van der Waals surface area contributed by atoms with E-state index in [1.165, 1.54) is 16.8 Å². The molecule has 3 aromatic heterocycles. The van der Waals surface area contributed by atoms with Gasteiger partial charge < -0.3 is 14.1 Å². The molecule has 4 heterocycles. The molecule has 9 heteroatoms.